The number of hydrazone groups is 1. The van der Waals surface area contributed by atoms with Crippen molar-refractivity contribution in [1.82, 2.24) is 9.97 Å². The molecule has 76 valence electrons. The maximum absolute atomic E-state index is 5.93. The van der Waals surface area contributed by atoms with Crippen molar-refractivity contribution in [3.63, 3.8) is 0 Å². The Morgan fingerprint density at radius 1 is 1.27 bits per heavy atom. The van der Waals surface area contributed by atoms with Crippen molar-refractivity contribution in [1.29, 1.82) is 0 Å². The van der Waals surface area contributed by atoms with Gasteiger partial charge < -0.3 is 0 Å². The molecule has 0 spiro atoms. The first-order chi connectivity index (χ1) is 7.31. The lowest BCUT2D eigenvalue weighted by molar-refractivity contribution is 1.22. The first-order valence-electron chi connectivity index (χ1n) is 4.47. The first-order valence-corrected chi connectivity index (χ1v) is 4.85. The van der Waals surface area contributed by atoms with Crippen LogP contribution >= 0.6 is 11.6 Å². The summed E-state index contributed by atoms with van der Waals surface area (Å²) in [5.74, 6) is 0.466. The minimum atomic E-state index is 0.319. The highest BCUT2D eigenvalue weighted by Crippen LogP contribution is 2.20. The lowest BCUT2D eigenvalue weighted by Gasteiger charge is -2.03. The molecule has 0 bridgehead atoms. The third-order valence-electron chi connectivity index (χ3n) is 1.83. The summed E-state index contributed by atoms with van der Waals surface area (Å²) in [6.45, 7) is 1.80. The fourth-order valence-corrected chi connectivity index (χ4v) is 1.35. The molecule has 0 aliphatic heterocycles. The predicted molar refractivity (Wildman–Crippen MR) is 62.3 cm³/mol. The molecule has 1 aromatic heterocycles. The number of anilines is 1. The van der Waals surface area contributed by atoms with Crippen LogP contribution in [0.25, 0.3) is 11.0 Å². The van der Waals surface area contributed by atoms with Crippen LogP contribution in [0.15, 0.2) is 29.4 Å². The Morgan fingerprint density at radius 3 is 2.60 bits per heavy atom. The summed E-state index contributed by atoms with van der Waals surface area (Å²) in [6.07, 6.45) is 1.62. The molecule has 2 rings (SSSR count). The Balaban J connectivity index is 2.51. The summed E-state index contributed by atoms with van der Waals surface area (Å²) in [5.41, 5.74) is 4.28. The van der Waals surface area contributed by atoms with Gasteiger partial charge in [0, 0.05) is 6.21 Å². The van der Waals surface area contributed by atoms with E-state index in [2.05, 4.69) is 20.5 Å². The first kappa shape index (κ1) is 9.86. The molecule has 0 aliphatic carbocycles. The molecule has 2 aromatic rings. The zero-order valence-corrected chi connectivity index (χ0v) is 8.86. The van der Waals surface area contributed by atoms with Crippen LogP contribution < -0.4 is 5.43 Å². The fraction of sp³-hybridized carbons (Fsp3) is 0.100. The number of nitrogens with zero attached hydrogens (tertiary/aromatic N) is 3. The maximum atomic E-state index is 5.93. The molecule has 0 atom stereocenters. The summed E-state index contributed by atoms with van der Waals surface area (Å²) < 4.78 is 0. The summed E-state index contributed by atoms with van der Waals surface area (Å²) in [7, 11) is 0. The molecule has 0 saturated carbocycles. The number of halogens is 1. The van der Waals surface area contributed by atoms with Crippen LogP contribution in [-0.4, -0.2) is 16.2 Å². The van der Waals surface area contributed by atoms with Crippen molar-refractivity contribution in [2.75, 3.05) is 5.43 Å². The van der Waals surface area contributed by atoms with E-state index in [4.69, 9.17) is 11.6 Å². The van der Waals surface area contributed by atoms with Gasteiger partial charge in [-0.1, -0.05) is 23.7 Å². The standard InChI is InChI=1S/C10H9ClN4/c1-2-12-15-10-9(11)13-7-5-3-4-6-8(7)14-10/h2-6H,1H3,(H,14,15). The van der Waals surface area contributed by atoms with Gasteiger partial charge in [0.2, 0.25) is 0 Å². The SMILES string of the molecule is CC=NNc1nc2ccccc2nc1Cl. The van der Waals surface area contributed by atoms with Gasteiger partial charge in [-0.15, -0.1) is 0 Å². The molecule has 1 N–H and O–H groups in total. The molecule has 1 aromatic carbocycles. The second-order valence-corrected chi connectivity index (χ2v) is 3.21. The number of fused-ring (bicyclic) bond motifs is 1. The van der Waals surface area contributed by atoms with Crippen LogP contribution in [0, 0.1) is 0 Å². The lowest BCUT2D eigenvalue weighted by Crippen LogP contribution is -1.96. The van der Waals surface area contributed by atoms with E-state index in [1.165, 1.54) is 0 Å². The molecule has 0 amide bonds. The minimum absolute atomic E-state index is 0.319. The van der Waals surface area contributed by atoms with E-state index in [9.17, 15) is 0 Å². The van der Waals surface area contributed by atoms with Crippen molar-refractivity contribution in [3.8, 4) is 0 Å². The largest absolute Gasteiger partial charge is 0.259 e. The van der Waals surface area contributed by atoms with Crippen LogP contribution in [0.4, 0.5) is 5.82 Å². The average molecular weight is 221 g/mol. The fourth-order valence-electron chi connectivity index (χ4n) is 1.18. The van der Waals surface area contributed by atoms with Gasteiger partial charge in [-0.25, -0.2) is 9.97 Å². The number of rotatable bonds is 2. The van der Waals surface area contributed by atoms with Gasteiger partial charge in [-0.2, -0.15) is 5.10 Å². The molecule has 15 heavy (non-hydrogen) atoms. The maximum Gasteiger partial charge on any atom is 0.185 e. The summed E-state index contributed by atoms with van der Waals surface area (Å²) in [4.78, 5) is 8.49. The van der Waals surface area contributed by atoms with Crippen molar-refractivity contribution in [2.24, 2.45) is 5.10 Å². The average Bonchev–Trinajstić information content (AvgIpc) is 2.26. The van der Waals surface area contributed by atoms with Gasteiger partial charge in [-0.3, -0.25) is 5.43 Å². The second-order valence-electron chi connectivity index (χ2n) is 2.85. The number of hydrogen-bond acceptors (Lipinski definition) is 4. The molecular formula is C10H9ClN4. The van der Waals surface area contributed by atoms with Gasteiger partial charge in [0.25, 0.3) is 0 Å². The van der Waals surface area contributed by atoms with Crippen LogP contribution in [0.2, 0.25) is 5.15 Å². The lowest BCUT2D eigenvalue weighted by atomic mass is 10.3. The molecule has 0 fully saturated rings. The van der Waals surface area contributed by atoms with Gasteiger partial charge in [0.1, 0.15) is 0 Å². The smallest absolute Gasteiger partial charge is 0.185 e. The van der Waals surface area contributed by atoms with E-state index >= 15 is 0 Å². The Morgan fingerprint density at radius 2 is 1.93 bits per heavy atom. The molecular weight excluding hydrogens is 212 g/mol. The minimum Gasteiger partial charge on any atom is -0.259 e. The van der Waals surface area contributed by atoms with Crippen molar-refractivity contribution < 1.29 is 0 Å². The number of nitrogens with one attached hydrogen (secondary N) is 1. The van der Waals surface area contributed by atoms with Gasteiger partial charge >= 0.3 is 0 Å². The van der Waals surface area contributed by atoms with E-state index in [1.54, 1.807) is 13.1 Å². The van der Waals surface area contributed by atoms with E-state index in [1.807, 2.05) is 24.3 Å². The monoisotopic (exact) mass is 220 g/mol. The van der Waals surface area contributed by atoms with E-state index in [0.29, 0.717) is 11.0 Å². The second kappa shape index (κ2) is 4.23. The molecule has 0 aliphatic rings. The number of aromatic nitrogens is 2. The van der Waals surface area contributed by atoms with Crippen LogP contribution in [0.1, 0.15) is 6.92 Å². The number of para-hydroxylation sites is 2. The quantitative estimate of drug-likeness (QED) is 0.625. The van der Waals surface area contributed by atoms with E-state index in [0.717, 1.165) is 11.0 Å². The topological polar surface area (TPSA) is 50.2 Å². The van der Waals surface area contributed by atoms with E-state index < -0.39 is 0 Å². The molecule has 0 saturated heterocycles. The highest BCUT2D eigenvalue weighted by Gasteiger charge is 2.04. The number of hydrogen-bond donors (Lipinski definition) is 1. The van der Waals surface area contributed by atoms with E-state index in [-0.39, 0.29) is 0 Å². The zero-order chi connectivity index (χ0) is 10.7. The third kappa shape index (κ3) is 2.05. The highest BCUT2D eigenvalue weighted by atomic mass is 35.5. The summed E-state index contributed by atoms with van der Waals surface area (Å²) in [5, 5.41) is 4.17. The summed E-state index contributed by atoms with van der Waals surface area (Å²) in [6, 6.07) is 7.53. The van der Waals surface area contributed by atoms with Crippen LogP contribution in [0.5, 0.6) is 0 Å². The van der Waals surface area contributed by atoms with Crippen LogP contribution in [-0.2, 0) is 0 Å². The van der Waals surface area contributed by atoms with Crippen molar-refractivity contribution in [2.45, 2.75) is 6.92 Å². The normalized spacial score (nSPS) is 11.1. The molecule has 5 heteroatoms. The van der Waals surface area contributed by atoms with Gasteiger partial charge in [-0.05, 0) is 19.1 Å². The number of benzene rings is 1. The Labute approximate surface area is 92.0 Å². The molecule has 1 heterocycles. The van der Waals surface area contributed by atoms with Crippen molar-refractivity contribution >= 4 is 34.7 Å². The summed E-state index contributed by atoms with van der Waals surface area (Å²) >= 11 is 5.93. The predicted octanol–water partition coefficient (Wildman–Crippen LogP) is 2.70. The zero-order valence-electron chi connectivity index (χ0n) is 8.11. The molecule has 0 unspecified atom stereocenters. The van der Waals surface area contributed by atoms with Crippen molar-refractivity contribution in [3.05, 3.63) is 29.4 Å². The Bertz CT molecular complexity index is 510. The third-order valence-corrected chi connectivity index (χ3v) is 2.09. The molecule has 0 radical (unpaired) electrons. The Hall–Kier alpha value is -1.68. The van der Waals surface area contributed by atoms with Gasteiger partial charge in [0.15, 0.2) is 11.0 Å². The van der Waals surface area contributed by atoms with Crippen LogP contribution in [0.3, 0.4) is 0 Å². The van der Waals surface area contributed by atoms with Gasteiger partial charge in [0.05, 0.1) is 11.0 Å². The Kier molecular flexibility index (Phi) is 2.78. The highest BCUT2D eigenvalue weighted by molar-refractivity contribution is 6.32. The molecule has 4 nitrogen and oxygen atoms in total.